The van der Waals surface area contributed by atoms with Crippen LogP contribution in [0.1, 0.15) is 40.9 Å². The van der Waals surface area contributed by atoms with Gasteiger partial charge in [-0.25, -0.2) is 0 Å². The quantitative estimate of drug-likeness (QED) is 0.752. The molecule has 1 aliphatic heterocycles. The van der Waals surface area contributed by atoms with Crippen molar-refractivity contribution in [2.75, 3.05) is 4.90 Å². The molecule has 0 saturated heterocycles. The van der Waals surface area contributed by atoms with E-state index in [1.165, 1.54) is 12.0 Å². The highest BCUT2D eigenvalue weighted by Crippen LogP contribution is 2.39. The van der Waals surface area contributed by atoms with Crippen LogP contribution in [-0.4, -0.2) is 15.9 Å². The first kappa shape index (κ1) is 15.1. The van der Waals surface area contributed by atoms with Gasteiger partial charge in [0.2, 0.25) is 0 Å². The zero-order chi connectivity index (χ0) is 16.7. The molecule has 1 amide bonds. The molecule has 5 nitrogen and oxygen atoms in total. The lowest BCUT2D eigenvalue weighted by Crippen LogP contribution is -2.43. The molecule has 2 heterocycles. The molecule has 1 fully saturated rings. The van der Waals surface area contributed by atoms with Crippen molar-refractivity contribution in [1.29, 1.82) is 0 Å². The first-order chi connectivity index (χ1) is 11.6. The maximum absolute atomic E-state index is 12.1. The predicted molar refractivity (Wildman–Crippen MR) is 96.7 cm³/mol. The summed E-state index contributed by atoms with van der Waals surface area (Å²) >= 11 is 4.96. The molecule has 1 aromatic carbocycles. The lowest BCUT2D eigenvalue weighted by atomic mass is 9.72. The van der Waals surface area contributed by atoms with Crippen LogP contribution < -0.4 is 16.0 Å². The summed E-state index contributed by atoms with van der Waals surface area (Å²) in [6, 6.07) is 10.2. The Balaban J connectivity index is 1.68. The fraction of sp³-hybridized carbons (Fsp3) is 0.278. The summed E-state index contributed by atoms with van der Waals surface area (Å²) < 4.78 is 0. The summed E-state index contributed by atoms with van der Waals surface area (Å²) in [4.78, 5) is 17.0. The number of hydrogen-bond acceptors (Lipinski definition) is 4. The average Bonchev–Trinajstić information content (AvgIpc) is 3.05. The molecule has 6 heteroatoms. The van der Waals surface area contributed by atoms with Gasteiger partial charge in [0.1, 0.15) is 5.69 Å². The van der Waals surface area contributed by atoms with Crippen molar-refractivity contribution < 1.29 is 4.79 Å². The number of rotatable bonds is 3. The molecule has 1 aromatic heterocycles. The molecule has 2 aliphatic rings. The van der Waals surface area contributed by atoms with E-state index >= 15 is 0 Å². The van der Waals surface area contributed by atoms with E-state index in [0.717, 1.165) is 24.1 Å². The van der Waals surface area contributed by atoms with Crippen molar-refractivity contribution in [3.8, 4) is 0 Å². The second-order valence-corrected chi connectivity index (χ2v) is 6.64. The average molecular weight is 338 g/mol. The number of hydrogen-bond donors (Lipinski definition) is 3. The Hall–Kier alpha value is -2.40. The van der Waals surface area contributed by atoms with E-state index in [1.807, 2.05) is 17.0 Å². The molecule has 4 N–H and O–H groups in total. The van der Waals surface area contributed by atoms with Crippen molar-refractivity contribution in [3.63, 3.8) is 0 Å². The third kappa shape index (κ3) is 2.36. The van der Waals surface area contributed by atoms with E-state index in [1.54, 1.807) is 6.20 Å². The van der Waals surface area contributed by atoms with E-state index in [9.17, 15) is 4.79 Å². The van der Waals surface area contributed by atoms with Crippen LogP contribution in [0.4, 0.5) is 5.69 Å². The number of thiocarbonyl (C=S) groups is 1. The van der Waals surface area contributed by atoms with Crippen molar-refractivity contribution in [1.82, 2.24) is 10.3 Å². The SMILES string of the molecule is NC1(c2cccc(CN3C(=C=S)NC(=O)c4[nH]ccc43)c2)CCC1. The molecule has 1 aliphatic carbocycles. The Labute approximate surface area is 145 Å². The Morgan fingerprint density at radius 3 is 2.88 bits per heavy atom. The number of anilines is 1. The maximum Gasteiger partial charge on any atom is 0.275 e. The molecule has 24 heavy (non-hydrogen) atoms. The molecule has 0 radical (unpaired) electrons. The van der Waals surface area contributed by atoms with E-state index in [0.29, 0.717) is 18.1 Å². The summed E-state index contributed by atoms with van der Waals surface area (Å²) in [6.45, 7) is 0.591. The highest BCUT2D eigenvalue weighted by molar-refractivity contribution is 7.78. The number of fused-ring (bicyclic) bond motifs is 1. The lowest BCUT2D eigenvalue weighted by Gasteiger charge is -2.39. The third-order valence-corrected chi connectivity index (χ3v) is 5.12. The molecule has 122 valence electrons. The Morgan fingerprint density at radius 2 is 2.17 bits per heavy atom. The van der Waals surface area contributed by atoms with E-state index < -0.39 is 0 Å². The first-order valence-corrected chi connectivity index (χ1v) is 8.41. The number of carbonyl (C=O) groups excluding carboxylic acids is 1. The number of nitrogens with two attached hydrogens (primary N) is 1. The maximum atomic E-state index is 12.1. The summed E-state index contributed by atoms with van der Waals surface area (Å²) in [5.41, 5.74) is 9.90. The minimum Gasteiger partial charge on any atom is -0.355 e. The highest BCUT2D eigenvalue weighted by atomic mass is 32.1. The molecule has 0 unspecified atom stereocenters. The standard InChI is InChI=1S/C18H18N4OS/c19-18(6-2-7-18)13-4-1-3-12(9-13)10-22-14-5-8-20-16(14)17(23)21-15(22)11-24/h1,3-5,8-9,20H,2,6-7,10,19H2,(H,21,23). The molecular weight excluding hydrogens is 320 g/mol. The molecule has 0 spiro atoms. The number of nitrogens with zero attached hydrogens (tertiary/aromatic N) is 1. The van der Waals surface area contributed by atoms with Gasteiger partial charge >= 0.3 is 0 Å². The van der Waals surface area contributed by atoms with Crippen molar-refractivity contribution in [2.24, 2.45) is 5.73 Å². The van der Waals surface area contributed by atoms with Gasteiger partial charge in [0.15, 0.2) is 5.82 Å². The predicted octanol–water partition coefficient (Wildman–Crippen LogP) is 2.54. The monoisotopic (exact) mass is 338 g/mol. The van der Waals surface area contributed by atoms with Crippen LogP contribution in [0.5, 0.6) is 0 Å². The minimum atomic E-state index is -0.192. The summed E-state index contributed by atoms with van der Waals surface area (Å²) in [5, 5.41) is 5.44. The van der Waals surface area contributed by atoms with Crippen molar-refractivity contribution in [2.45, 2.75) is 31.3 Å². The van der Waals surface area contributed by atoms with Crippen molar-refractivity contribution in [3.05, 3.63) is 59.2 Å². The number of carbonyl (C=O) groups is 1. The van der Waals surface area contributed by atoms with Crippen LogP contribution in [0, 0.1) is 0 Å². The van der Waals surface area contributed by atoms with E-state index in [2.05, 4.69) is 33.5 Å². The third-order valence-electron chi connectivity index (χ3n) is 4.93. The smallest absolute Gasteiger partial charge is 0.275 e. The number of aromatic nitrogens is 1. The Bertz CT molecular complexity index is 861. The Kier molecular flexibility index (Phi) is 3.53. The Morgan fingerprint density at radius 1 is 1.33 bits per heavy atom. The van der Waals surface area contributed by atoms with Crippen LogP contribution in [-0.2, 0) is 12.1 Å². The van der Waals surface area contributed by atoms with Gasteiger partial charge in [-0.15, -0.1) is 0 Å². The first-order valence-electron chi connectivity index (χ1n) is 8.00. The van der Waals surface area contributed by atoms with Gasteiger partial charge in [0.25, 0.3) is 5.91 Å². The number of amides is 1. The van der Waals surface area contributed by atoms with Crippen LogP contribution in [0.2, 0.25) is 0 Å². The number of benzene rings is 1. The fourth-order valence-corrected chi connectivity index (χ4v) is 3.54. The summed E-state index contributed by atoms with van der Waals surface area (Å²) in [6.07, 6.45) is 5.00. The van der Waals surface area contributed by atoms with Gasteiger partial charge in [-0.05, 0) is 53.7 Å². The molecular formula is C18H18N4OS. The highest BCUT2D eigenvalue weighted by Gasteiger charge is 2.34. The van der Waals surface area contributed by atoms with Gasteiger partial charge in [-0.1, -0.05) is 24.3 Å². The normalized spacial score (nSPS) is 18.5. The van der Waals surface area contributed by atoms with Gasteiger partial charge in [-0.3, -0.25) is 10.1 Å². The van der Waals surface area contributed by atoms with E-state index in [4.69, 9.17) is 18.0 Å². The van der Waals surface area contributed by atoms with Crippen molar-refractivity contribution >= 4 is 28.8 Å². The van der Waals surface area contributed by atoms with Gasteiger partial charge < -0.3 is 15.6 Å². The number of aromatic amines is 1. The number of nitrogens with one attached hydrogen (secondary N) is 2. The zero-order valence-electron chi connectivity index (χ0n) is 13.1. The zero-order valence-corrected chi connectivity index (χ0v) is 14.0. The van der Waals surface area contributed by atoms with Gasteiger partial charge in [0.05, 0.1) is 12.2 Å². The van der Waals surface area contributed by atoms with Crippen LogP contribution in [0.3, 0.4) is 0 Å². The molecule has 2 aromatic rings. The van der Waals surface area contributed by atoms with E-state index in [-0.39, 0.29) is 11.4 Å². The minimum absolute atomic E-state index is 0.186. The van der Waals surface area contributed by atoms with Crippen LogP contribution >= 0.6 is 12.2 Å². The second-order valence-electron chi connectivity index (χ2n) is 6.44. The fourth-order valence-electron chi connectivity index (χ4n) is 3.38. The van der Waals surface area contributed by atoms with Gasteiger partial charge in [-0.2, -0.15) is 0 Å². The molecule has 0 atom stereocenters. The topological polar surface area (TPSA) is 74.2 Å². The molecule has 1 saturated carbocycles. The van der Waals surface area contributed by atoms with Gasteiger partial charge in [0, 0.05) is 11.7 Å². The summed E-state index contributed by atoms with van der Waals surface area (Å²) in [7, 11) is 0. The van der Waals surface area contributed by atoms with Crippen LogP contribution in [0.25, 0.3) is 0 Å². The van der Waals surface area contributed by atoms with Crippen LogP contribution in [0.15, 0.2) is 42.3 Å². The second kappa shape index (κ2) is 5.60. The number of H-pyrrole nitrogens is 1. The largest absolute Gasteiger partial charge is 0.355 e. The summed E-state index contributed by atoms with van der Waals surface area (Å²) in [5.74, 6) is 0.307. The molecule has 0 bridgehead atoms. The lowest BCUT2D eigenvalue weighted by molar-refractivity contribution is 0.0957. The molecule has 4 rings (SSSR count).